The molecule has 0 aromatic heterocycles. The number of halogens is 2. The van der Waals surface area contributed by atoms with Crippen LogP contribution in [0.2, 0.25) is 0 Å². The first-order valence-corrected chi connectivity index (χ1v) is 12.0. The van der Waals surface area contributed by atoms with Crippen molar-refractivity contribution in [2.75, 3.05) is 5.32 Å². The van der Waals surface area contributed by atoms with Crippen LogP contribution < -0.4 is 5.32 Å². The lowest BCUT2D eigenvalue weighted by atomic mass is 10.1. The van der Waals surface area contributed by atoms with Gasteiger partial charge < -0.3 is 5.32 Å². The second-order valence-corrected chi connectivity index (χ2v) is 9.39. The molecule has 0 fully saturated rings. The maximum Gasteiger partial charge on any atom is 0.0730 e. The molecule has 4 aromatic carbocycles. The number of allylic oxidation sites excluding steroid dienone is 1. The van der Waals surface area contributed by atoms with Crippen molar-refractivity contribution in [2.45, 2.75) is 0 Å². The van der Waals surface area contributed by atoms with Crippen molar-refractivity contribution >= 4 is 68.0 Å². The summed E-state index contributed by atoms with van der Waals surface area (Å²) >= 11 is 4.65. The SMILES string of the molecule is Ic1ccc(N=C(/C=C(\Nc2ccccc2)c2ccc(I)cc2)c2ccccc2)cc1. The summed E-state index contributed by atoms with van der Waals surface area (Å²) in [5.41, 5.74) is 6.04. The first-order chi connectivity index (χ1) is 15.2. The quantitative estimate of drug-likeness (QED) is 0.170. The van der Waals surface area contributed by atoms with Crippen LogP contribution in [0.5, 0.6) is 0 Å². The molecule has 0 atom stereocenters. The van der Waals surface area contributed by atoms with Crippen molar-refractivity contribution < 1.29 is 0 Å². The van der Waals surface area contributed by atoms with Crippen LogP contribution >= 0.6 is 45.2 Å². The van der Waals surface area contributed by atoms with Crippen LogP contribution in [0.3, 0.4) is 0 Å². The van der Waals surface area contributed by atoms with Gasteiger partial charge in [-0.25, -0.2) is 4.99 Å². The van der Waals surface area contributed by atoms with Crippen LogP contribution in [0.25, 0.3) is 5.70 Å². The molecule has 0 bridgehead atoms. The summed E-state index contributed by atoms with van der Waals surface area (Å²) in [5, 5.41) is 3.59. The second kappa shape index (κ2) is 10.7. The Morgan fingerprint density at radius 3 is 1.77 bits per heavy atom. The number of para-hydroxylation sites is 1. The molecule has 152 valence electrons. The average molecular weight is 626 g/mol. The lowest BCUT2D eigenvalue weighted by Crippen LogP contribution is -2.04. The Morgan fingerprint density at radius 1 is 0.613 bits per heavy atom. The van der Waals surface area contributed by atoms with Crippen LogP contribution in [0, 0.1) is 7.14 Å². The lowest BCUT2D eigenvalue weighted by molar-refractivity contribution is 1.48. The molecule has 0 aliphatic carbocycles. The molecular weight excluding hydrogens is 606 g/mol. The fraction of sp³-hybridized carbons (Fsp3) is 0. The highest BCUT2D eigenvalue weighted by molar-refractivity contribution is 14.1. The Kier molecular flexibility index (Phi) is 7.53. The van der Waals surface area contributed by atoms with Gasteiger partial charge in [0.2, 0.25) is 0 Å². The third-order valence-corrected chi connectivity index (χ3v) is 6.07. The molecule has 0 unspecified atom stereocenters. The Morgan fingerprint density at radius 2 is 1.16 bits per heavy atom. The topological polar surface area (TPSA) is 24.4 Å². The van der Waals surface area contributed by atoms with E-state index < -0.39 is 0 Å². The zero-order valence-electron chi connectivity index (χ0n) is 16.7. The molecule has 2 nitrogen and oxygen atoms in total. The van der Waals surface area contributed by atoms with E-state index in [1.54, 1.807) is 0 Å². The van der Waals surface area contributed by atoms with E-state index in [1.807, 2.05) is 48.5 Å². The molecule has 0 saturated carbocycles. The number of anilines is 1. The van der Waals surface area contributed by atoms with E-state index in [-0.39, 0.29) is 0 Å². The van der Waals surface area contributed by atoms with Gasteiger partial charge in [-0.1, -0.05) is 60.7 Å². The monoisotopic (exact) mass is 626 g/mol. The van der Waals surface area contributed by atoms with Crippen molar-refractivity contribution in [2.24, 2.45) is 4.99 Å². The number of nitrogens with zero attached hydrogens (tertiary/aromatic N) is 1. The molecule has 4 heteroatoms. The van der Waals surface area contributed by atoms with Gasteiger partial charge in [-0.3, -0.25) is 0 Å². The summed E-state index contributed by atoms with van der Waals surface area (Å²) < 4.78 is 2.40. The van der Waals surface area contributed by atoms with Crippen LogP contribution in [0.4, 0.5) is 11.4 Å². The van der Waals surface area contributed by atoms with Gasteiger partial charge in [-0.15, -0.1) is 0 Å². The van der Waals surface area contributed by atoms with Gasteiger partial charge in [0.1, 0.15) is 0 Å². The third-order valence-electron chi connectivity index (χ3n) is 4.63. The van der Waals surface area contributed by atoms with E-state index >= 15 is 0 Å². The zero-order valence-corrected chi connectivity index (χ0v) is 21.0. The maximum atomic E-state index is 4.99. The number of hydrogen-bond donors (Lipinski definition) is 1. The summed E-state index contributed by atoms with van der Waals surface area (Å²) in [7, 11) is 0. The zero-order chi connectivity index (χ0) is 21.5. The molecule has 0 aliphatic heterocycles. The molecular formula is C27H20I2N2. The average Bonchev–Trinajstić information content (AvgIpc) is 2.81. The summed E-state index contributed by atoms with van der Waals surface area (Å²) in [4.78, 5) is 4.99. The predicted octanol–water partition coefficient (Wildman–Crippen LogP) is 8.17. The molecule has 4 rings (SSSR count). The van der Waals surface area contributed by atoms with Gasteiger partial charge in [0.15, 0.2) is 0 Å². The largest absolute Gasteiger partial charge is 0.355 e. The molecule has 0 amide bonds. The van der Waals surface area contributed by atoms with Gasteiger partial charge in [-0.2, -0.15) is 0 Å². The Labute approximate surface area is 210 Å². The molecule has 31 heavy (non-hydrogen) atoms. The minimum Gasteiger partial charge on any atom is -0.355 e. The van der Waals surface area contributed by atoms with Crippen LogP contribution in [-0.2, 0) is 0 Å². The van der Waals surface area contributed by atoms with Gasteiger partial charge in [0.25, 0.3) is 0 Å². The molecule has 0 heterocycles. The highest BCUT2D eigenvalue weighted by atomic mass is 127. The fourth-order valence-electron chi connectivity index (χ4n) is 3.08. The third kappa shape index (κ3) is 6.27. The fourth-order valence-corrected chi connectivity index (χ4v) is 3.80. The van der Waals surface area contributed by atoms with Gasteiger partial charge in [0, 0.05) is 24.1 Å². The van der Waals surface area contributed by atoms with E-state index in [0.29, 0.717) is 0 Å². The number of aliphatic imine (C=N–C) groups is 1. The first kappa shape index (κ1) is 21.8. The lowest BCUT2D eigenvalue weighted by Gasteiger charge is -2.13. The van der Waals surface area contributed by atoms with E-state index in [4.69, 9.17) is 4.99 Å². The number of benzene rings is 4. The molecule has 0 radical (unpaired) electrons. The van der Waals surface area contributed by atoms with E-state index in [1.165, 1.54) is 7.14 Å². The highest BCUT2D eigenvalue weighted by Crippen LogP contribution is 2.23. The molecule has 1 N–H and O–H groups in total. The van der Waals surface area contributed by atoms with Gasteiger partial charge >= 0.3 is 0 Å². The van der Waals surface area contributed by atoms with Crippen molar-refractivity contribution in [3.63, 3.8) is 0 Å². The van der Waals surface area contributed by atoms with Crippen molar-refractivity contribution in [3.05, 3.63) is 134 Å². The first-order valence-electron chi connectivity index (χ1n) is 9.87. The maximum absolute atomic E-state index is 4.99. The van der Waals surface area contributed by atoms with E-state index in [2.05, 4.69) is 117 Å². The van der Waals surface area contributed by atoms with Crippen LogP contribution in [0.1, 0.15) is 11.1 Å². The number of hydrogen-bond acceptors (Lipinski definition) is 2. The Hall–Kier alpha value is -2.45. The van der Waals surface area contributed by atoms with Gasteiger partial charge in [0.05, 0.1) is 11.4 Å². The van der Waals surface area contributed by atoms with Crippen molar-refractivity contribution in [3.8, 4) is 0 Å². The minimum atomic E-state index is 0.902. The van der Waals surface area contributed by atoms with Crippen molar-refractivity contribution in [1.29, 1.82) is 0 Å². The summed E-state index contributed by atoms with van der Waals surface area (Å²) in [5.74, 6) is 0. The molecule has 0 aliphatic rings. The van der Waals surface area contributed by atoms with E-state index in [0.717, 1.165) is 33.9 Å². The van der Waals surface area contributed by atoms with Gasteiger partial charge in [-0.05, 0) is 105 Å². The summed E-state index contributed by atoms with van der Waals surface area (Å²) in [6.07, 6.45) is 2.13. The number of nitrogens with one attached hydrogen (secondary N) is 1. The minimum absolute atomic E-state index is 0.902. The normalized spacial score (nSPS) is 11.9. The molecule has 0 saturated heterocycles. The Balaban J connectivity index is 1.83. The number of rotatable bonds is 6. The smallest absolute Gasteiger partial charge is 0.0730 e. The summed E-state index contributed by atoms with van der Waals surface area (Å²) in [6.45, 7) is 0. The van der Waals surface area contributed by atoms with E-state index in [9.17, 15) is 0 Å². The Bertz CT molecular complexity index is 1180. The van der Waals surface area contributed by atoms with Crippen LogP contribution in [-0.4, -0.2) is 5.71 Å². The standard InChI is InChI=1S/C27H20I2N2/c28-22-13-11-21(12-14-22)27(30-24-9-5-2-6-10-24)19-26(20-7-3-1-4-8-20)31-25-17-15-23(29)16-18-25/h1-19,30H/b27-19-,31-26?. The summed E-state index contributed by atoms with van der Waals surface area (Å²) in [6, 6.07) is 37.3. The molecule has 0 spiro atoms. The van der Waals surface area contributed by atoms with Crippen LogP contribution in [0.15, 0.2) is 120 Å². The van der Waals surface area contributed by atoms with Crippen molar-refractivity contribution in [1.82, 2.24) is 0 Å². The molecule has 4 aromatic rings. The highest BCUT2D eigenvalue weighted by Gasteiger charge is 2.08. The predicted molar refractivity (Wildman–Crippen MR) is 149 cm³/mol. The second-order valence-electron chi connectivity index (χ2n) is 6.90.